The fourth-order valence-corrected chi connectivity index (χ4v) is 5.44. The first-order valence-corrected chi connectivity index (χ1v) is 15.6. The van der Waals surface area contributed by atoms with Crippen LogP contribution < -0.4 is 16.4 Å². The lowest BCUT2D eigenvalue weighted by atomic mass is 9.83. The number of nitrogens with zero attached hydrogens (tertiary/aromatic N) is 2. The van der Waals surface area contributed by atoms with E-state index in [1.807, 2.05) is 0 Å². The van der Waals surface area contributed by atoms with Gasteiger partial charge in [-0.3, -0.25) is 10.3 Å². The van der Waals surface area contributed by atoms with E-state index in [1.54, 1.807) is 17.2 Å². The van der Waals surface area contributed by atoms with Crippen LogP contribution in [0, 0.1) is 11.8 Å². The Hall–Kier alpha value is -3.89. The van der Waals surface area contributed by atoms with E-state index in [-0.39, 0.29) is 68.0 Å². The Labute approximate surface area is 288 Å². The molecule has 1 fully saturated rings. The molecule has 0 amide bonds. The number of nitrogens with two attached hydrogens (primary N) is 1. The van der Waals surface area contributed by atoms with Gasteiger partial charge in [-0.1, -0.05) is 18.2 Å². The van der Waals surface area contributed by atoms with Gasteiger partial charge in [-0.15, -0.1) is 6.58 Å². The van der Waals surface area contributed by atoms with Gasteiger partial charge in [-0.25, -0.2) is 9.59 Å². The number of hydrogen-bond acceptors (Lipinski definition) is 16. The van der Waals surface area contributed by atoms with Gasteiger partial charge in [-0.05, 0) is 13.5 Å². The number of guanidine groups is 1. The van der Waals surface area contributed by atoms with Crippen LogP contribution in [0.15, 0.2) is 64.7 Å². The number of aliphatic imine (C=N–C) groups is 1. The summed E-state index contributed by atoms with van der Waals surface area (Å²) >= 11 is 0. The SMILES string of the molecule is C=CC1C(OC2OC(CO)C(O)C(O)(O)C2OCNC)OC=C(C(=O)OC)C1C=CC1=CN(CCO)CC(C(=O)O)=C1NC(N)=NCCCO. The highest BCUT2D eigenvalue weighted by atomic mass is 16.8. The van der Waals surface area contributed by atoms with Gasteiger partial charge < -0.3 is 75.4 Å². The zero-order chi connectivity index (χ0) is 37.0. The maximum absolute atomic E-state index is 12.9. The number of nitrogens with one attached hydrogen (secondary N) is 2. The highest BCUT2D eigenvalue weighted by Crippen LogP contribution is 2.38. The normalized spacial score (nSPS) is 28.5. The van der Waals surface area contributed by atoms with Crippen LogP contribution >= 0.6 is 0 Å². The number of aliphatic carboxylic acids is 1. The van der Waals surface area contributed by atoms with Crippen molar-refractivity contribution in [1.82, 2.24) is 15.5 Å². The summed E-state index contributed by atoms with van der Waals surface area (Å²) in [6.45, 7) is 2.61. The molecule has 0 saturated carbocycles. The van der Waals surface area contributed by atoms with Crippen LogP contribution in [-0.2, 0) is 33.3 Å². The topological polar surface area (TPSA) is 288 Å². The molecule has 3 rings (SSSR count). The summed E-state index contributed by atoms with van der Waals surface area (Å²) in [4.78, 5) is 31.0. The average molecular weight is 714 g/mol. The Morgan fingerprint density at radius 3 is 2.58 bits per heavy atom. The van der Waals surface area contributed by atoms with Crippen molar-refractivity contribution < 1.29 is 69.0 Å². The third kappa shape index (κ3) is 9.66. The van der Waals surface area contributed by atoms with Crippen LogP contribution in [0.3, 0.4) is 0 Å². The van der Waals surface area contributed by atoms with Crippen molar-refractivity contribution >= 4 is 17.9 Å². The van der Waals surface area contributed by atoms with Gasteiger partial charge >= 0.3 is 11.9 Å². The zero-order valence-electron chi connectivity index (χ0n) is 27.8. The Morgan fingerprint density at radius 1 is 1.24 bits per heavy atom. The highest BCUT2D eigenvalue weighted by molar-refractivity contribution is 5.92. The van der Waals surface area contributed by atoms with Crippen molar-refractivity contribution in [2.45, 2.75) is 43.1 Å². The first kappa shape index (κ1) is 40.5. The number of esters is 1. The van der Waals surface area contributed by atoms with Gasteiger partial charge in [0.2, 0.25) is 12.1 Å². The number of aliphatic hydroxyl groups excluding tert-OH is 4. The van der Waals surface area contributed by atoms with E-state index in [1.165, 1.54) is 19.2 Å². The number of methoxy groups -OCH3 is 1. The minimum atomic E-state index is -2.94. The van der Waals surface area contributed by atoms with Crippen LogP contribution in [0.4, 0.5) is 0 Å². The number of carbonyl (C=O) groups excluding carboxylic acids is 1. The molecular formula is C31H47N5O14. The smallest absolute Gasteiger partial charge is 0.337 e. The van der Waals surface area contributed by atoms with Crippen molar-refractivity contribution in [2.75, 3.05) is 60.3 Å². The molecule has 280 valence electrons. The van der Waals surface area contributed by atoms with Crippen LogP contribution in [-0.4, -0.2) is 156 Å². The molecule has 0 radical (unpaired) electrons. The second kappa shape index (κ2) is 18.9. The number of carboxylic acid groups (broad SMARTS) is 1. The molecular weight excluding hydrogens is 666 g/mol. The summed E-state index contributed by atoms with van der Waals surface area (Å²) in [5.41, 5.74) is 6.31. The van der Waals surface area contributed by atoms with Crippen LogP contribution in [0.2, 0.25) is 0 Å². The zero-order valence-corrected chi connectivity index (χ0v) is 27.8. The molecule has 0 spiro atoms. The van der Waals surface area contributed by atoms with Crippen molar-refractivity contribution in [3.8, 4) is 0 Å². The standard InChI is InChI=1S/C31H47N5O14/c1-4-18-19(7-6-17-12-36(9-11-38)13-20(26(41)42)23(17)35-30(32)34-8-5-10-37)21(27(43)46-3)15-47-28(18)50-29-25(48-16-33-2)31(44,45)24(40)22(14-39)49-29/h4,6-7,12,15,18-19,22,24-25,28-29,33,37-40,44-45H,1,5,8-11,13-14,16H2,2-3H3,(H,41,42)(H3,32,34,35). The summed E-state index contributed by atoms with van der Waals surface area (Å²) < 4.78 is 27.9. The molecule has 19 heteroatoms. The lowest BCUT2D eigenvalue weighted by molar-refractivity contribution is -0.410. The van der Waals surface area contributed by atoms with Gasteiger partial charge in [0.05, 0.1) is 62.6 Å². The van der Waals surface area contributed by atoms with Crippen LogP contribution in [0.25, 0.3) is 0 Å². The first-order valence-electron chi connectivity index (χ1n) is 15.6. The molecule has 3 aliphatic heterocycles. The second-order valence-corrected chi connectivity index (χ2v) is 11.3. The molecule has 3 aliphatic rings. The van der Waals surface area contributed by atoms with Crippen LogP contribution in [0.1, 0.15) is 6.42 Å². The van der Waals surface area contributed by atoms with Gasteiger partial charge in [0.1, 0.15) is 12.2 Å². The quantitative estimate of drug-likeness (QED) is 0.0175. The van der Waals surface area contributed by atoms with Crippen molar-refractivity contribution in [3.63, 3.8) is 0 Å². The van der Waals surface area contributed by atoms with E-state index in [0.717, 1.165) is 13.4 Å². The van der Waals surface area contributed by atoms with Crippen LogP contribution in [0.5, 0.6) is 0 Å². The molecule has 0 aliphatic carbocycles. The number of hydrogen-bond donors (Lipinski definition) is 10. The Bertz CT molecular complexity index is 1350. The minimum Gasteiger partial charge on any atom is -0.478 e. The van der Waals surface area contributed by atoms with Gasteiger partial charge in [0.25, 0.3) is 0 Å². The van der Waals surface area contributed by atoms with E-state index >= 15 is 0 Å². The summed E-state index contributed by atoms with van der Waals surface area (Å²) in [7, 11) is 2.69. The summed E-state index contributed by atoms with van der Waals surface area (Å²) in [6, 6.07) is 0. The van der Waals surface area contributed by atoms with Crippen molar-refractivity contribution in [3.05, 3.63) is 59.7 Å². The van der Waals surface area contributed by atoms with Gasteiger partial charge in [0.15, 0.2) is 18.4 Å². The molecule has 0 bridgehead atoms. The third-order valence-electron chi connectivity index (χ3n) is 7.98. The summed E-state index contributed by atoms with van der Waals surface area (Å²) in [5.74, 6) is -6.95. The van der Waals surface area contributed by atoms with E-state index in [4.69, 9.17) is 34.5 Å². The monoisotopic (exact) mass is 713 g/mol. The molecule has 1 saturated heterocycles. The molecule has 50 heavy (non-hydrogen) atoms. The van der Waals surface area contributed by atoms with Crippen molar-refractivity contribution in [2.24, 2.45) is 22.6 Å². The van der Waals surface area contributed by atoms with Gasteiger partial charge in [-0.2, -0.15) is 0 Å². The molecule has 0 aromatic rings. The second-order valence-electron chi connectivity index (χ2n) is 11.3. The fourth-order valence-electron chi connectivity index (χ4n) is 5.44. The predicted molar refractivity (Wildman–Crippen MR) is 173 cm³/mol. The number of ether oxygens (including phenoxy) is 5. The number of β-amino-alcohol motifs (C(OH)–C–C–N with tert-alkyl or cyclic N) is 1. The van der Waals surface area contributed by atoms with E-state index in [2.05, 4.69) is 22.2 Å². The number of carbonyl (C=O) groups is 2. The number of allylic oxidation sites excluding steroid dienone is 2. The molecule has 0 aromatic heterocycles. The fraction of sp³-hybridized carbons (Fsp3) is 0.581. The number of aliphatic hydroxyl groups is 6. The van der Waals surface area contributed by atoms with E-state index in [0.29, 0.717) is 6.42 Å². The lowest BCUT2D eigenvalue weighted by Crippen LogP contribution is -2.69. The van der Waals surface area contributed by atoms with E-state index in [9.17, 15) is 40.2 Å². The maximum Gasteiger partial charge on any atom is 0.337 e. The Morgan fingerprint density at radius 2 is 1.98 bits per heavy atom. The molecule has 19 nitrogen and oxygen atoms in total. The minimum absolute atomic E-state index is 0.00835. The molecule has 7 unspecified atom stereocenters. The maximum atomic E-state index is 12.9. The molecule has 0 aromatic carbocycles. The Kier molecular flexibility index (Phi) is 15.3. The summed E-state index contributed by atoms with van der Waals surface area (Å²) in [5, 5.41) is 76.0. The Balaban J connectivity index is 2.05. The lowest BCUT2D eigenvalue weighted by Gasteiger charge is -2.47. The van der Waals surface area contributed by atoms with Gasteiger partial charge in [0, 0.05) is 37.4 Å². The predicted octanol–water partition coefficient (Wildman–Crippen LogP) is -3.47. The molecule has 3 heterocycles. The largest absolute Gasteiger partial charge is 0.478 e. The molecule has 7 atom stereocenters. The summed E-state index contributed by atoms with van der Waals surface area (Å²) in [6.07, 6.45) is -0.714. The number of carboxylic acids is 1. The molecule has 11 N–H and O–H groups in total. The highest BCUT2D eigenvalue weighted by Gasteiger charge is 2.57. The third-order valence-corrected chi connectivity index (χ3v) is 7.98. The average Bonchev–Trinajstić information content (AvgIpc) is 3.09. The van der Waals surface area contributed by atoms with Crippen molar-refractivity contribution in [1.29, 1.82) is 0 Å². The van der Waals surface area contributed by atoms with E-state index < -0.39 is 67.1 Å². The first-order chi connectivity index (χ1) is 23.9. The number of rotatable bonds is 17.